The molecule has 0 bridgehead atoms. The molecule has 8 heteroatoms. The zero-order valence-corrected chi connectivity index (χ0v) is 18.4. The Kier molecular flexibility index (Phi) is 5.81. The number of hydrogen-bond donors (Lipinski definition) is 2. The van der Waals surface area contributed by atoms with Crippen LogP contribution in [0.4, 0.5) is 0 Å². The Morgan fingerprint density at radius 1 is 1.03 bits per heavy atom. The number of carbonyl (C=O) groups is 2. The van der Waals surface area contributed by atoms with Crippen molar-refractivity contribution in [3.05, 3.63) is 65.7 Å². The van der Waals surface area contributed by atoms with Crippen molar-refractivity contribution in [3.63, 3.8) is 0 Å². The molecule has 1 aromatic heterocycles. The molecule has 3 aromatic rings. The Labute approximate surface area is 192 Å². The summed E-state index contributed by atoms with van der Waals surface area (Å²) < 4.78 is 5.81. The number of amides is 2. The van der Waals surface area contributed by atoms with Gasteiger partial charge in [-0.2, -0.15) is 15.4 Å². The number of piperidine rings is 1. The zero-order chi connectivity index (χ0) is 22.7. The van der Waals surface area contributed by atoms with E-state index in [4.69, 9.17) is 4.74 Å². The number of fused-ring (bicyclic) bond motifs is 2. The minimum absolute atomic E-state index is 0.00792. The predicted octanol–water partition coefficient (Wildman–Crippen LogP) is 3.34. The topological polar surface area (TPSA) is 100 Å². The molecule has 2 aliphatic heterocycles. The highest BCUT2D eigenvalue weighted by atomic mass is 16.5. The minimum Gasteiger partial charge on any atom is -0.492 e. The first-order valence-corrected chi connectivity index (χ1v) is 11.4. The first kappa shape index (κ1) is 21.2. The molecule has 8 nitrogen and oxygen atoms in total. The van der Waals surface area contributed by atoms with Gasteiger partial charge in [-0.1, -0.05) is 24.3 Å². The van der Waals surface area contributed by atoms with Crippen molar-refractivity contribution < 1.29 is 14.3 Å². The first-order chi connectivity index (χ1) is 16.1. The number of aromatic nitrogens is 3. The maximum atomic E-state index is 13.1. The normalized spacial score (nSPS) is 18.7. The Hall–Kier alpha value is -3.68. The van der Waals surface area contributed by atoms with Gasteiger partial charge in [0.25, 0.3) is 11.8 Å². The smallest absolute Gasteiger partial charge is 0.255 e. The molecule has 0 atom stereocenters. The van der Waals surface area contributed by atoms with Gasteiger partial charge >= 0.3 is 0 Å². The monoisotopic (exact) mass is 445 g/mol. The number of benzene rings is 2. The molecule has 0 saturated carbocycles. The molecule has 2 aromatic carbocycles. The molecule has 2 aliphatic rings. The second-order valence-corrected chi connectivity index (χ2v) is 8.81. The van der Waals surface area contributed by atoms with Crippen molar-refractivity contribution in [2.24, 2.45) is 5.41 Å². The number of carbonyl (C=O) groups excluding carboxylic acids is 2. The van der Waals surface area contributed by atoms with Crippen LogP contribution in [0.15, 0.2) is 54.6 Å². The molecule has 0 radical (unpaired) electrons. The number of H-pyrrole nitrogens is 1. The van der Waals surface area contributed by atoms with Crippen LogP contribution >= 0.6 is 0 Å². The lowest BCUT2D eigenvalue weighted by Crippen LogP contribution is -2.47. The molecule has 0 unspecified atom stereocenters. The summed E-state index contributed by atoms with van der Waals surface area (Å²) in [5.74, 6) is 0.505. The molecule has 5 rings (SSSR count). The van der Waals surface area contributed by atoms with Crippen molar-refractivity contribution in [2.45, 2.75) is 25.7 Å². The van der Waals surface area contributed by atoms with E-state index < -0.39 is 0 Å². The van der Waals surface area contributed by atoms with Crippen molar-refractivity contribution in [1.82, 2.24) is 25.6 Å². The molecule has 33 heavy (non-hydrogen) atoms. The summed E-state index contributed by atoms with van der Waals surface area (Å²) in [6.07, 6.45) is 7.65. The standard InChI is InChI=1S/C25H27N5O3/c31-23-19-6-2-3-7-22(19)33-15-5-1-4-10-25(17-26-23)11-13-30(14-12-25)24(32)18-8-9-20-21(16-18)28-29-27-20/h1-4,6-9,16H,5,10-15,17H2,(H,26,31)(H,27,28,29). The number of likely N-dealkylation sites (tertiary alicyclic amines) is 1. The van der Waals surface area contributed by atoms with Gasteiger partial charge in [0.05, 0.1) is 12.2 Å². The van der Waals surface area contributed by atoms with Crippen LogP contribution in [-0.2, 0) is 0 Å². The minimum atomic E-state index is -0.117. The molecule has 1 spiro atoms. The fraction of sp³-hybridized carbons (Fsp3) is 0.360. The first-order valence-electron chi connectivity index (χ1n) is 11.4. The number of nitrogens with zero attached hydrogens (tertiary/aromatic N) is 3. The third-order valence-electron chi connectivity index (χ3n) is 6.69. The number of allylic oxidation sites excluding steroid dienone is 1. The fourth-order valence-corrected chi connectivity index (χ4v) is 4.62. The van der Waals surface area contributed by atoms with Crippen molar-refractivity contribution >= 4 is 22.8 Å². The summed E-state index contributed by atoms with van der Waals surface area (Å²) in [7, 11) is 0. The highest BCUT2D eigenvalue weighted by Gasteiger charge is 2.36. The van der Waals surface area contributed by atoms with Gasteiger partial charge in [0.2, 0.25) is 0 Å². The molecule has 170 valence electrons. The van der Waals surface area contributed by atoms with Crippen LogP contribution in [0.3, 0.4) is 0 Å². The largest absolute Gasteiger partial charge is 0.492 e. The van der Waals surface area contributed by atoms with Crippen LogP contribution in [0.2, 0.25) is 0 Å². The summed E-state index contributed by atoms with van der Waals surface area (Å²) in [4.78, 5) is 27.9. The highest BCUT2D eigenvalue weighted by Crippen LogP contribution is 2.36. The molecule has 2 N–H and O–H groups in total. The van der Waals surface area contributed by atoms with Crippen LogP contribution in [0, 0.1) is 5.41 Å². The Balaban J connectivity index is 1.29. The second-order valence-electron chi connectivity index (χ2n) is 8.81. The fourth-order valence-electron chi connectivity index (χ4n) is 4.62. The van der Waals surface area contributed by atoms with Gasteiger partial charge < -0.3 is 15.0 Å². The molecule has 2 amide bonds. The molecular formula is C25H27N5O3. The Morgan fingerprint density at radius 2 is 1.85 bits per heavy atom. The molecule has 1 saturated heterocycles. The van der Waals surface area contributed by atoms with Crippen molar-refractivity contribution in [1.29, 1.82) is 0 Å². The summed E-state index contributed by atoms with van der Waals surface area (Å²) in [6.45, 7) is 2.40. The lowest BCUT2D eigenvalue weighted by atomic mass is 9.75. The van der Waals surface area contributed by atoms with Gasteiger partial charge in [-0.25, -0.2) is 0 Å². The van der Waals surface area contributed by atoms with Gasteiger partial charge in [0.1, 0.15) is 16.8 Å². The van der Waals surface area contributed by atoms with Gasteiger partial charge in [-0.3, -0.25) is 9.59 Å². The highest BCUT2D eigenvalue weighted by molar-refractivity contribution is 5.97. The van der Waals surface area contributed by atoms with Gasteiger partial charge in [0.15, 0.2) is 0 Å². The number of para-hydroxylation sites is 1. The van der Waals surface area contributed by atoms with E-state index in [1.807, 2.05) is 29.2 Å². The van der Waals surface area contributed by atoms with E-state index >= 15 is 0 Å². The average Bonchev–Trinajstić information content (AvgIpc) is 3.32. The number of ether oxygens (including phenoxy) is 1. The predicted molar refractivity (Wildman–Crippen MR) is 124 cm³/mol. The van der Waals surface area contributed by atoms with E-state index in [0.29, 0.717) is 48.6 Å². The van der Waals surface area contributed by atoms with E-state index in [2.05, 4.69) is 32.9 Å². The average molecular weight is 446 g/mol. The Bertz CT molecular complexity index is 1190. The maximum absolute atomic E-state index is 13.1. The number of hydrogen-bond acceptors (Lipinski definition) is 5. The van der Waals surface area contributed by atoms with Crippen LogP contribution in [-0.4, -0.2) is 58.4 Å². The lowest BCUT2D eigenvalue weighted by Gasteiger charge is -2.41. The van der Waals surface area contributed by atoms with Crippen LogP contribution in [0.1, 0.15) is 46.4 Å². The van der Waals surface area contributed by atoms with Crippen LogP contribution in [0.5, 0.6) is 5.75 Å². The van der Waals surface area contributed by atoms with E-state index in [1.54, 1.807) is 18.2 Å². The van der Waals surface area contributed by atoms with Crippen LogP contribution in [0.25, 0.3) is 11.0 Å². The van der Waals surface area contributed by atoms with Crippen molar-refractivity contribution in [2.75, 3.05) is 26.2 Å². The summed E-state index contributed by atoms with van der Waals surface area (Å²) >= 11 is 0. The third-order valence-corrected chi connectivity index (χ3v) is 6.69. The van der Waals surface area contributed by atoms with Crippen molar-refractivity contribution in [3.8, 4) is 5.75 Å². The zero-order valence-electron chi connectivity index (χ0n) is 18.4. The molecule has 1 fully saturated rings. The van der Waals surface area contributed by atoms with Crippen LogP contribution < -0.4 is 10.1 Å². The number of rotatable bonds is 1. The SMILES string of the molecule is O=C1NCC2(CC=CCCOc3ccccc31)CCN(C(=O)c1ccc3n[nH]nc3c1)CC2. The lowest BCUT2D eigenvalue weighted by molar-refractivity contribution is 0.0566. The Morgan fingerprint density at radius 3 is 2.73 bits per heavy atom. The van der Waals surface area contributed by atoms with Gasteiger partial charge in [-0.05, 0) is 61.4 Å². The molecule has 3 heterocycles. The second kappa shape index (κ2) is 9.05. The third kappa shape index (κ3) is 4.46. The number of aromatic amines is 1. The maximum Gasteiger partial charge on any atom is 0.255 e. The van der Waals surface area contributed by atoms with Gasteiger partial charge in [-0.15, -0.1) is 0 Å². The van der Waals surface area contributed by atoms with E-state index in [0.717, 1.165) is 31.2 Å². The van der Waals surface area contributed by atoms with E-state index in [1.165, 1.54) is 0 Å². The van der Waals surface area contributed by atoms with Gasteiger partial charge in [0, 0.05) is 25.2 Å². The molecule has 0 aliphatic carbocycles. The number of nitrogens with one attached hydrogen (secondary N) is 2. The van der Waals surface area contributed by atoms with E-state index in [9.17, 15) is 9.59 Å². The molecular weight excluding hydrogens is 418 g/mol. The summed E-state index contributed by atoms with van der Waals surface area (Å²) in [5, 5.41) is 13.9. The van der Waals surface area contributed by atoms with E-state index in [-0.39, 0.29) is 17.2 Å². The summed E-state index contributed by atoms with van der Waals surface area (Å²) in [6, 6.07) is 12.8. The quantitative estimate of drug-likeness (QED) is 0.560. The summed E-state index contributed by atoms with van der Waals surface area (Å²) in [5.41, 5.74) is 2.54.